The molecule has 184 valence electrons. The van der Waals surface area contributed by atoms with Crippen LogP contribution in [0.15, 0.2) is 72.8 Å². The van der Waals surface area contributed by atoms with Crippen molar-refractivity contribution in [2.45, 2.75) is 45.3 Å². The number of aryl methyl sites for hydroxylation is 1. The molecule has 36 heavy (non-hydrogen) atoms. The van der Waals surface area contributed by atoms with Crippen molar-refractivity contribution in [1.29, 1.82) is 0 Å². The normalized spacial score (nSPS) is 17.9. The Kier molecular flexibility index (Phi) is 6.50. The number of aromatic carboxylic acids is 1. The second-order valence-electron chi connectivity index (χ2n) is 9.66. The van der Waals surface area contributed by atoms with E-state index in [2.05, 4.69) is 48.6 Å². The number of benzene rings is 4. The van der Waals surface area contributed by atoms with E-state index in [0.29, 0.717) is 29.7 Å². The van der Waals surface area contributed by atoms with Crippen LogP contribution in [0.1, 0.15) is 63.5 Å². The first-order valence-electron chi connectivity index (χ1n) is 12.3. The Bertz CT molecular complexity index is 1440. The lowest BCUT2D eigenvalue weighted by Gasteiger charge is -2.34. The van der Waals surface area contributed by atoms with Crippen LogP contribution < -0.4 is 10.1 Å². The van der Waals surface area contributed by atoms with Crippen LogP contribution in [-0.2, 0) is 0 Å². The number of rotatable bonds is 6. The second kappa shape index (κ2) is 9.75. The van der Waals surface area contributed by atoms with Crippen LogP contribution in [0, 0.1) is 19.7 Å². The average Bonchev–Trinajstić information content (AvgIpc) is 2.89. The number of hydrogen-bond donors (Lipinski definition) is 2. The highest BCUT2D eigenvalue weighted by Crippen LogP contribution is 2.43. The monoisotopic (exact) mass is 483 g/mol. The Morgan fingerprint density at radius 2 is 1.81 bits per heavy atom. The zero-order valence-corrected chi connectivity index (χ0v) is 20.7. The number of nitrogens with one attached hydrogen (secondary N) is 1. The molecule has 0 aromatic heterocycles. The van der Waals surface area contributed by atoms with Gasteiger partial charge >= 0.3 is 5.97 Å². The summed E-state index contributed by atoms with van der Waals surface area (Å²) in [6.45, 7) is 6.04. The van der Waals surface area contributed by atoms with Gasteiger partial charge in [0.2, 0.25) is 0 Å². The predicted molar refractivity (Wildman–Crippen MR) is 141 cm³/mol. The third kappa shape index (κ3) is 4.35. The fourth-order valence-electron chi connectivity index (χ4n) is 5.48. The number of fused-ring (bicyclic) bond motifs is 2. The molecule has 0 unspecified atom stereocenters. The van der Waals surface area contributed by atoms with E-state index in [1.54, 1.807) is 13.8 Å². The summed E-state index contributed by atoms with van der Waals surface area (Å²) in [5.74, 6) is -0.961. The Labute approximate surface area is 210 Å². The molecule has 0 aliphatic carbocycles. The zero-order valence-electron chi connectivity index (χ0n) is 20.7. The Morgan fingerprint density at radius 3 is 2.61 bits per heavy atom. The number of para-hydroxylation sites is 1. The van der Waals surface area contributed by atoms with Crippen LogP contribution >= 0.6 is 0 Å². The van der Waals surface area contributed by atoms with E-state index in [4.69, 9.17) is 4.74 Å². The number of carbonyl (C=O) groups is 1. The molecule has 5 rings (SSSR count). The molecule has 3 atom stereocenters. The topological polar surface area (TPSA) is 58.6 Å². The van der Waals surface area contributed by atoms with Gasteiger partial charge in [0.15, 0.2) is 0 Å². The van der Waals surface area contributed by atoms with Crippen molar-refractivity contribution in [2.75, 3.05) is 6.54 Å². The third-order valence-corrected chi connectivity index (χ3v) is 7.36. The summed E-state index contributed by atoms with van der Waals surface area (Å²) in [6, 6.07) is 23.9. The molecule has 0 saturated carbocycles. The highest BCUT2D eigenvalue weighted by molar-refractivity contribution is 5.90. The van der Waals surface area contributed by atoms with Gasteiger partial charge in [-0.25, -0.2) is 9.18 Å². The van der Waals surface area contributed by atoms with Crippen molar-refractivity contribution in [3.8, 4) is 5.75 Å². The van der Waals surface area contributed by atoms with Gasteiger partial charge in [0, 0.05) is 24.1 Å². The maximum absolute atomic E-state index is 15.5. The van der Waals surface area contributed by atoms with E-state index in [0.717, 1.165) is 11.3 Å². The molecule has 4 nitrogen and oxygen atoms in total. The molecule has 5 heteroatoms. The molecule has 0 fully saturated rings. The van der Waals surface area contributed by atoms with Gasteiger partial charge in [0.05, 0.1) is 5.56 Å². The molecule has 2 N–H and O–H groups in total. The molecule has 0 bridgehead atoms. The molecule has 0 spiro atoms. The lowest BCUT2D eigenvalue weighted by atomic mass is 9.80. The van der Waals surface area contributed by atoms with E-state index < -0.39 is 5.97 Å². The molecule has 4 aromatic carbocycles. The summed E-state index contributed by atoms with van der Waals surface area (Å²) in [7, 11) is 0. The largest absolute Gasteiger partial charge is 0.489 e. The Morgan fingerprint density at radius 1 is 1.08 bits per heavy atom. The highest BCUT2D eigenvalue weighted by Gasteiger charge is 2.33. The molecular formula is C31H30FNO3. The van der Waals surface area contributed by atoms with E-state index in [1.807, 2.05) is 30.3 Å². The SMILES string of the molecule is Cc1cc(C(=O)O)c(C)c([C@@H]2C[C@H](CN[C@H](C)c3cccc4ccccc34)Oc3ccccc32)c1F. The summed E-state index contributed by atoms with van der Waals surface area (Å²) in [6.07, 6.45) is 0.349. The summed E-state index contributed by atoms with van der Waals surface area (Å²) in [5.41, 5.74) is 3.52. The van der Waals surface area contributed by atoms with Crippen LogP contribution in [0.3, 0.4) is 0 Å². The van der Waals surface area contributed by atoms with Crippen molar-refractivity contribution in [3.63, 3.8) is 0 Å². The molecule has 1 aliphatic heterocycles. The minimum absolute atomic E-state index is 0.0892. The second-order valence-corrected chi connectivity index (χ2v) is 9.66. The lowest BCUT2D eigenvalue weighted by molar-refractivity contribution is 0.0695. The quantitative estimate of drug-likeness (QED) is 0.312. The van der Waals surface area contributed by atoms with Crippen molar-refractivity contribution in [2.24, 2.45) is 0 Å². The maximum Gasteiger partial charge on any atom is 0.335 e. The smallest absolute Gasteiger partial charge is 0.335 e. The molecule has 0 amide bonds. The minimum Gasteiger partial charge on any atom is -0.489 e. The molecule has 1 heterocycles. The molecule has 0 saturated heterocycles. The third-order valence-electron chi connectivity index (χ3n) is 7.36. The lowest BCUT2D eigenvalue weighted by Crippen LogP contribution is -2.37. The van der Waals surface area contributed by atoms with Gasteiger partial charge in [-0.15, -0.1) is 0 Å². The predicted octanol–water partition coefficient (Wildman–Crippen LogP) is 6.93. The van der Waals surface area contributed by atoms with Crippen LogP contribution in [-0.4, -0.2) is 23.7 Å². The Hall–Kier alpha value is -3.70. The number of hydrogen-bond acceptors (Lipinski definition) is 3. The first-order valence-corrected chi connectivity index (χ1v) is 12.3. The fraction of sp³-hybridized carbons (Fsp3) is 0.258. The number of carboxylic acids is 1. The van der Waals surface area contributed by atoms with E-state index >= 15 is 4.39 Å². The highest BCUT2D eigenvalue weighted by atomic mass is 19.1. The van der Waals surface area contributed by atoms with Gasteiger partial charge in [-0.2, -0.15) is 0 Å². The summed E-state index contributed by atoms with van der Waals surface area (Å²) in [5, 5.41) is 15.8. The van der Waals surface area contributed by atoms with Crippen molar-refractivity contribution >= 4 is 16.7 Å². The van der Waals surface area contributed by atoms with Gasteiger partial charge in [-0.1, -0.05) is 60.7 Å². The van der Waals surface area contributed by atoms with Crippen molar-refractivity contribution < 1.29 is 19.0 Å². The summed E-state index contributed by atoms with van der Waals surface area (Å²) < 4.78 is 21.9. The summed E-state index contributed by atoms with van der Waals surface area (Å²) >= 11 is 0. The van der Waals surface area contributed by atoms with E-state index in [1.165, 1.54) is 22.4 Å². The van der Waals surface area contributed by atoms with E-state index in [9.17, 15) is 9.90 Å². The van der Waals surface area contributed by atoms with Gasteiger partial charge in [-0.05, 0) is 72.4 Å². The zero-order chi connectivity index (χ0) is 25.4. The standard InChI is InChI=1S/C31H30FNO3/c1-18-15-26(31(34)35)19(2)29(30(18)32)27-16-22(36-28-14-7-6-12-25(27)28)17-33-20(3)23-13-8-10-21-9-4-5-11-24(21)23/h4-15,20,22,27,33H,16-17H2,1-3H3,(H,34,35)/t20-,22-,27-/m1/s1. The average molecular weight is 484 g/mol. The van der Waals surface area contributed by atoms with Crippen molar-refractivity contribution in [1.82, 2.24) is 5.32 Å². The molecule has 1 aliphatic rings. The van der Waals surface area contributed by atoms with Crippen molar-refractivity contribution in [3.05, 3.63) is 112 Å². The van der Waals surface area contributed by atoms with Gasteiger partial charge in [0.1, 0.15) is 17.7 Å². The van der Waals surface area contributed by atoms with Crippen LogP contribution in [0.25, 0.3) is 10.8 Å². The van der Waals surface area contributed by atoms with Gasteiger partial charge < -0.3 is 15.2 Å². The summed E-state index contributed by atoms with van der Waals surface area (Å²) in [4.78, 5) is 11.9. The molecule has 4 aromatic rings. The maximum atomic E-state index is 15.5. The van der Waals surface area contributed by atoms with Gasteiger partial charge in [0.25, 0.3) is 0 Å². The van der Waals surface area contributed by atoms with Crippen LogP contribution in [0.4, 0.5) is 4.39 Å². The Balaban J connectivity index is 1.45. The first kappa shape index (κ1) is 24.0. The molecule has 0 radical (unpaired) electrons. The minimum atomic E-state index is -1.04. The van der Waals surface area contributed by atoms with E-state index in [-0.39, 0.29) is 29.4 Å². The van der Waals surface area contributed by atoms with Gasteiger partial charge in [-0.3, -0.25) is 0 Å². The van der Waals surface area contributed by atoms with Crippen LogP contribution in [0.5, 0.6) is 5.75 Å². The number of ether oxygens (including phenoxy) is 1. The number of halogens is 1. The first-order chi connectivity index (χ1) is 17.3. The molecular weight excluding hydrogens is 453 g/mol. The number of carboxylic acid groups (broad SMARTS) is 1. The van der Waals surface area contributed by atoms with Crippen LogP contribution in [0.2, 0.25) is 0 Å². The fourth-order valence-corrected chi connectivity index (χ4v) is 5.48.